The summed E-state index contributed by atoms with van der Waals surface area (Å²) in [5.41, 5.74) is 3.72. The fraction of sp³-hybridized carbons (Fsp3) is 0.0769. The van der Waals surface area contributed by atoms with Gasteiger partial charge in [-0.3, -0.25) is 5.10 Å². The molecule has 0 fully saturated rings. The van der Waals surface area contributed by atoms with Crippen LogP contribution in [0, 0.1) is 6.92 Å². The third kappa shape index (κ3) is 2.24. The van der Waals surface area contributed by atoms with Crippen LogP contribution in [-0.2, 0) is 0 Å². The largest absolute Gasteiger partial charge is 0.333 e. The quantitative estimate of drug-likeness (QED) is 0.438. The molecule has 8 heteroatoms. The average Bonchev–Trinajstić information content (AvgIpc) is 3.03. The van der Waals surface area contributed by atoms with E-state index in [-0.39, 0.29) is 5.28 Å². The number of aryl methyl sites for hydroxylation is 1. The van der Waals surface area contributed by atoms with Crippen molar-refractivity contribution in [1.29, 1.82) is 0 Å². The Balaban J connectivity index is 1.80. The molecule has 0 atom stereocenters. The lowest BCUT2D eigenvalue weighted by atomic mass is 10.2. The molecule has 0 bridgehead atoms. The lowest BCUT2D eigenvalue weighted by Crippen LogP contribution is -1.88. The van der Waals surface area contributed by atoms with Crippen LogP contribution in [0.1, 0.15) is 5.56 Å². The smallest absolute Gasteiger partial charge is 0.225 e. The first kappa shape index (κ1) is 12.6. The second-order valence-electron chi connectivity index (χ2n) is 4.59. The van der Waals surface area contributed by atoms with E-state index in [2.05, 4.69) is 36.2 Å². The maximum Gasteiger partial charge on any atom is 0.225 e. The number of nitrogens with zero attached hydrogens (tertiary/aromatic N) is 4. The molecule has 6 nitrogen and oxygen atoms in total. The molecule has 0 aliphatic heterocycles. The van der Waals surface area contributed by atoms with Gasteiger partial charge in [0.2, 0.25) is 5.28 Å². The highest BCUT2D eigenvalue weighted by atomic mass is 35.5. The molecule has 0 aliphatic carbocycles. The van der Waals surface area contributed by atoms with Gasteiger partial charge < -0.3 is 4.98 Å². The summed E-state index contributed by atoms with van der Waals surface area (Å²) < 4.78 is 0. The molecule has 0 unspecified atom stereocenters. The maximum absolute atomic E-state index is 5.93. The van der Waals surface area contributed by atoms with Gasteiger partial charge in [-0.25, -0.2) is 9.97 Å². The summed E-state index contributed by atoms with van der Waals surface area (Å²) >= 11 is 7.34. The summed E-state index contributed by atoms with van der Waals surface area (Å²) in [4.78, 5) is 16.2. The van der Waals surface area contributed by atoms with E-state index in [4.69, 9.17) is 11.6 Å². The Morgan fingerprint density at radius 1 is 1.19 bits per heavy atom. The van der Waals surface area contributed by atoms with Crippen LogP contribution in [0.15, 0.2) is 34.6 Å². The van der Waals surface area contributed by atoms with Crippen LogP contribution >= 0.6 is 23.4 Å². The lowest BCUT2D eigenvalue weighted by molar-refractivity contribution is 1.04. The summed E-state index contributed by atoms with van der Waals surface area (Å²) in [6.45, 7) is 2.05. The van der Waals surface area contributed by atoms with E-state index in [9.17, 15) is 0 Å². The van der Waals surface area contributed by atoms with Crippen LogP contribution in [-0.4, -0.2) is 30.1 Å². The van der Waals surface area contributed by atoms with Crippen LogP contribution in [0.25, 0.3) is 22.1 Å². The predicted molar refractivity (Wildman–Crippen MR) is 81.6 cm³/mol. The minimum Gasteiger partial charge on any atom is -0.333 e. The molecule has 1 aromatic carbocycles. The normalized spacial score (nSPS) is 11.5. The van der Waals surface area contributed by atoms with Crippen molar-refractivity contribution < 1.29 is 0 Å². The lowest BCUT2D eigenvalue weighted by Gasteiger charge is -1.99. The third-order valence-electron chi connectivity index (χ3n) is 3.06. The number of aromatic amines is 2. The van der Waals surface area contributed by atoms with Gasteiger partial charge in [-0.15, -0.1) is 0 Å². The Labute approximate surface area is 128 Å². The van der Waals surface area contributed by atoms with Crippen molar-refractivity contribution in [1.82, 2.24) is 30.1 Å². The van der Waals surface area contributed by atoms with E-state index in [1.54, 1.807) is 6.20 Å². The molecule has 2 N–H and O–H groups in total. The fourth-order valence-electron chi connectivity index (χ4n) is 2.10. The van der Waals surface area contributed by atoms with E-state index < -0.39 is 0 Å². The van der Waals surface area contributed by atoms with Gasteiger partial charge in [-0.05, 0) is 48.0 Å². The van der Waals surface area contributed by atoms with Crippen LogP contribution < -0.4 is 0 Å². The molecule has 4 aromatic rings. The summed E-state index contributed by atoms with van der Waals surface area (Å²) in [7, 11) is 0. The predicted octanol–water partition coefficient (Wildman–Crippen LogP) is 3.34. The average molecular weight is 317 g/mol. The van der Waals surface area contributed by atoms with E-state index in [1.165, 1.54) is 17.3 Å². The number of benzene rings is 1. The molecule has 0 amide bonds. The molecule has 3 heterocycles. The molecule has 3 aromatic heterocycles. The Bertz CT molecular complexity index is 960. The van der Waals surface area contributed by atoms with Gasteiger partial charge >= 0.3 is 0 Å². The fourth-order valence-corrected chi connectivity index (χ4v) is 3.20. The molecule has 0 saturated heterocycles. The minimum atomic E-state index is 0.182. The van der Waals surface area contributed by atoms with Crippen LogP contribution in [0.4, 0.5) is 0 Å². The number of rotatable bonds is 2. The highest BCUT2D eigenvalue weighted by Crippen LogP contribution is 2.31. The first-order valence-electron chi connectivity index (χ1n) is 6.20. The van der Waals surface area contributed by atoms with Crippen LogP contribution in [0.2, 0.25) is 5.28 Å². The highest BCUT2D eigenvalue weighted by Gasteiger charge is 2.12. The van der Waals surface area contributed by atoms with E-state index in [0.717, 1.165) is 26.6 Å². The SMILES string of the molecule is Cc1ccc2nc(Sc3nc(Cl)nc4[nH]ncc34)[nH]c2c1. The second-order valence-corrected chi connectivity index (χ2v) is 5.91. The number of fused-ring (bicyclic) bond motifs is 2. The van der Waals surface area contributed by atoms with Gasteiger partial charge in [0.15, 0.2) is 10.8 Å². The monoisotopic (exact) mass is 316 g/mol. The van der Waals surface area contributed by atoms with Crippen molar-refractivity contribution in [2.24, 2.45) is 0 Å². The van der Waals surface area contributed by atoms with Crippen molar-refractivity contribution >= 4 is 45.4 Å². The molecule has 0 saturated carbocycles. The summed E-state index contributed by atoms with van der Waals surface area (Å²) in [6.07, 6.45) is 1.68. The van der Waals surface area contributed by atoms with E-state index in [0.29, 0.717) is 5.65 Å². The van der Waals surface area contributed by atoms with Gasteiger partial charge in [-0.2, -0.15) is 10.1 Å². The van der Waals surface area contributed by atoms with Crippen LogP contribution in [0.5, 0.6) is 0 Å². The maximum atomic E-state index is 5.93. The van der Waals surface area contributed by atoms with Gasteiger partial charge in [-0.1, -0.05) is 6.07 Å². The topological polar surface area (TPSA) is 83.1 Å². The summed E-state index contributed by atoms with van der Waals surface area (Å²) in [5, 5.41) is 9.24. The zero-order valence-corrected chi connectivity index (χ0v) is 12.5. The molecule has 21 heavy (non-hydrogen) atoms. The highest BCUT2D eigenvalue weighted by molar-refractivity contribution is 7.99. The van der Waals surface area contributed by atoms with Gasteiger partial charge in [0.05, 0.1) is 22.6 Å². The molecular weight excluding hydrogens is 308 g/mol. The Morgan fingerprint density at radius 2 is 2.10 bits per heavy atom. The Hall–Kier alpha value is -2.12. The molecule has 4 rings (SSSR count). The number of nitrogens with one attached hydrogen (secondary N) is 2. The van der Waals surface area contributed by atoms with E-state index >= 15 is 0 Å². The standard InChI is InChI=1S/C13H9ClN6S/c1-6-2-3-8-9(4-6)17-13(16-8)21-11-7-5-15-20-10(7)18-12(14)19-11/h2-5H,1H3,(H,16,17)(H,15,18,19,20). The molecule has 0 radical (unpaired) electrons. The second kappa shape index (κ2) is 4.71. The number of H-pyrrole nitrogens is 2. The van der Waals surface area contributed by atoms with Crippen LogP contribution in [0.3, 0.4) is 0 Å². The molecular formula is C13H9ClN6S. The first-order valence-corrected chi connectivity index (χ1v) is 7.39. The summed E-state index contributed by atoms with van der Waals surface area (Å²) in [6, 6.07) is 6.09. The van der Waals surface area contributed by atoms with E-state index in [1.807, 2.05) is 19.1 Å². The third-order valence-corrected chi connectivity index (χ3v) is 4.12. The number of hydrogen-bond donors (Lipinski definition) is 2. The Morgan fingerprint density at radius 3 is 3.00 bits per heavy atom. The van der Waals surface area contributed by atoms with Gasteiger partial charge in [0.25, 0.3) is 0 Å². The molecule has 0 spiro atoms. The van der Waals surface area contributed by atoms with Crippen molar-refractivity contribution in [3.63, 3.8) is 0 Å². The number of halogens is 1. The summed E-state index contributed by atoms with van der Waals surface area (Å²) in [5.74, 6) is 0. The van der Waals surface area contributed by atoms with Crippen molar-refractivity contribution in [2.75, 3.05) is 0 Å². The van der Waals surface area contributed by atoms with Gasteiger partial charge in [0.1, 0.15) is 5.03 Å². The van der Waals surface area contributed by atoms with Crippen molar-refractivity contribution in [2.45, 2.75) is 17.1 Å². The Kier molecular flexibility index (Phi) is 2.83. The van der Waals surface area contributed by atoms with Gasteiger partial charge in [0, 0.05) is 0 Å². The molecule has 104 valence electrons. The first-order chi connectivity index (χ1) is 10.2. The number of aromatic nitrogens is 6. The minimum absolute atomic E-state index is 0.182. The molecule has 0 aliphatic rings. The number of hydrogen-bond acceptors (Lipinski definition) is 5. The zero-order chi connectivity index (χ0) is 14.4. The number of imidazole rings is 1. The van der Waals surface area contributed by atoms with Crippen molar-refractivity contribution in [3.8, 4) is 0 Å². The van der Waals surface area contributed by atoms with Crippen molar-refractivity contribution in [3.05, 3.63) is 35.2 Å². The zero-order valence-electron chi connectivity index (χ0n) is 10.9.